The second kappa shape index (κ2) is 5.74. The first-order chi connectivity index (χ1) is 5.12. The quantitative estimate of drug-likeness (QED) is 0.363. The summed E-state index contributed by atoms with van der Waals surface area (Å²) < 4.78 is 0. The van der Waals surface area contributed by atoms with Gasteiger partial charge in [-0.25, -0.2) is 0 Å². The molecule has 5 nitrogen and oxygen atoms in total. The van der Waals surface area contributed by atoms with Crippen molar-refractivity contribution < 1.29 is 49.3 Å². The maximum absolute atomic E-state index is 8.34. The summed E-state index contributed by atoms with van der Waals surface area (Å²) in [5.41, 5.74) is 0. The van der Waals surface area contributed by atoms with Crippen LogP contribution in [0.1, 0.15) is 0 Å². The van der Waals surface area contributed by atoms with Gasteiger partial charge in [0.15, 0.2) is 0 Å². The van der Waals surface area contributed by atoms with Gasteiger partial charge in [-0.3, -0.25) is 0 Å². The molecule has 0 radical (unpaired) electrons. The molecule has 0 fully saturated rings. The molecule has 0 N–H and O–H groups in total. The molecule has 0 amide bonds. The first-order valence-corrected chi connectivity index (χ1v) is 4.55. The van der Waals surface area contributed by atoms with Crippen molar-refractivity contribution >= 4 is 0 Å². The number of hydrogen-bond donors (Lipinski definition) is 0. The minimum absolute atomic E-state index is 0. The smallest absolute Gasteiger partial charge is 1.00 e. The van der Waals surface area contributed by atoms with E-state index >= 15 is 0 Å². The van der Waals surface area contributed by atoms with E-state index < -0.39 is 11.6 Å². The predicted molar refractivity (Wildman–Crippen MR) is 28.1 cm³/mol. The number of nitrogens with zero attached hydrogens (tertiary/aromatic N) is 5. The number of nitriles is 5. The SMILES string of the molecule is N#[C][Co-2]([C]#N)([C]#N)([C]#N)[C]#N.[Li+].[Li+]. The maximum atomic E-state index is 8.34. The van der Waals surface area contributed by atoms with Crippen LogP contribution in [0.2, 0.25) is 0 Å². The zero-order valence-electron chi connectivity index (χ0n) is 7.07. The van der Waals surface area contributed by atoms with Crippen LogP contribution >= 0.6 is 0 Å². The van der Waals surface area contributed by atoms with Crippen molar-refractivity contribution in [2.45, 2.75) is 0 Å². The normalized spacial score (nSPS) is 9.62. The van der Waals surface area contributed by atoms with Gasteiger partial charge in [0.05, 0.1) is 0 Å². The molecule has 0 aliphatic rings. The van der Waals surface area contributed by atoms with E-state index in [4.69, 9.17) is 26.3 Å². The Morgan fingerprint density at radius 1 is 0.538 bits per heavy atom. The largest absolute Gasteiger partial charge is 1.00 e. The van der Waals surface area contributed by atoms with Crippen LogP contribution in [0.5, 0.6) is 0 Å². The molecule has 0 spiro atoms. The molecule has 0 rings (SSSR count). The Morgan fingerprint density at radius 3 is 0.692 bits per heavy atom. The Kier molecular flexibility index (Phi) is 7.96. The molecule has 8 heteroatoms. The zero-order chi connectivity index (χ0) is 8.98. The summed E-state index contributed by atoms with van der Waals surface area (Å²) in [5, 5.41) is 47.8. The second-order valence-electron chi connectivity index (χ2n) is 1.21. The molecule has 0 heterocycles. The summed E-state index contributed by atoms with van der Waals surface area (Å²) in [6.07, 6.45) is 0. The van der Waals surface area contributed by atoms with E-state index in [-0.39, 0.29) is 37.7 Å². The molecule has 0 unspecified atom stereocenters. The molecular weight excluding hydrogens is 203 g/mol. The van der Waals surface area contributed by atoms with Gasteiger partial charge in [0.25, 0.3) is 0 Å². The molecule has 0 atom stereocenters. The second-order valence-corrected chi connectivity index (χ2v) is 4.97. The molecule has 0 aromatic carbocycles. The average Bonchev–Trinajstić information content (AvgIpc) is 2.12. The number of rotatable bonds is 0. The van der Waals surface area contributed by atoms with Gasteiger partial charge in [0, 0.05) is 0 Å². The topological polar surface area (TPSA) is 119 Å². The van der Waals surface area contributed by atoms with Gasteiger partial charge in [-0.1, -0.05) is 0 Å². The fraction of sp³-hybridized carbons (Fsp3) is 0. The molecule has 0 aliphatic heterocycles. The minimum atomic E-state index is -4.63. The fourth-order valence-electron chi connectivity index (χ4n) is 0.167. The molecule has 0 bridgehead atoms. The maximum Gasteiger partial charge on any atom is 1.00 e. The molecule has 0 aliphatic carbocycles. The van der Waals surface area contributed by atoms with Crippen LogP contribution in [-0.2, 0) is 11.6 Å². The van der Waals surface area contributed by atoms with Crippen molar-refractivity contribution in [1.29, 1.82) is 26.3 Å². The van der Waals surface area contributed by atoms with Crippen LogP contribution in [-0.4, -0.2) is 0 Å². The van der Waals surface area contributed by atoms with Crippen LogP contribution in [0.4, 0.5) is 0 Å². The molecule has 0 aromatic rings. The standard InChI is InChI=1S/5CN.Co.2Li/c5*1-2;;;/q;;;;;-2;2*+1. The Balaban J connectivity index is -0.000000500. The van der Waals surface area contributed by atoms with Gasteiger partial charge in [-0.15, -0.1) is 0 Å². The number of hydrogen-bond acceptors (Lipinski definition) is 5. The van der Waals surface area contributed by atoms with E-state index in [2.05, 4.69) is 0 Å². The third-order valence-corrected chi connectivity index (χ3v) is 3.07. The first-order valence-electron chi connectivity index (χ1n) is 1.95. The Bertz CT molecular complexity index is 298. The van der Waals surface area contributed by atoms with E-state index in [9.17, 15) is 0 Å². The van der Waals surface area contributed by atoms with Gasteiger partial charge in [0.1, 0.15) is 0 Å². The minimum Gasteiger partial charge on any atom is 1.00 e. The summed E-state index contributed by atoms with van der Waals surface area (Å²) >= 11 is -4.63. The molecule has 13 heavy (non-hydrogen) atoms. The zero-order valence-corrected chi connectivity index (χ0v) is 8.11. The van der Waals surface area contributed by atoms with Gasteiger partial charge in [0.2, 0.25) is 0 Å². The van der Waals surface area contributed by atoms with Crippen LogP contribution in [0.25, 0.3) is 0 Å². The molecular formula is C5CoLi2N5. The van der Waals surface area contributed by atoms with E-state index in [0.717, 1.165) is 0 Å². The van der Waals surface area contributed by atoms with Crippen molar-refractivity contribution in [3.8, 4) is 25.0 Å². The third kappa shape index (κ3) is 2.55. The average molecular weight is 203 g/mol. The van der Waals surface area contributed by atoms with E-state index in [1.54, 1.807) is 0 Å². The third-order valence-electron chi connectivity index (χ3n) is 0.745. The molecule has 56 valence electrons. The first kappa shape index (κ1) is 18.0. The summed E-state index contributed by atoms with van der Waals surface area (Å²) in [6, 6.07) is 0. The van der Waals surface area contributed by atoms with E-state index in [1.165, 1.54) is 25.0 Å². The van der Waals surface area contributed by atoms with Gasteiger partial charge in [-0.05, 0) is 0 Å². The summed E-state index contributed by atoms with van der Waals surface area (Å²) in [6.45, 7) is 0. The van der Waals surface area contributed by atoms with Crippen molar-refractivity contribution in [3.63, 3.8) is 0 Å². The van der Waals surface area contributed by atoms with Gasteiger partial charge >= 0.3 is 101 Å². The van der Waals surface area contributed by atoms with Crippen molar-refractivity contribution in [1.82, 2.24) is 0 Å². The van der Waals surface area contributed by atoms with Crippen molar-refractivity contribution in [3.05, 3.63) is 0 Å². The van der Waals surface area contributed by atoms with E-state index in [1.807, 2.05) is 0 Å². The van der Waals surface area contributed by atoms with Crippen LogP contribution in [0.15, 0.2) is 0 Å². The van der Waals surface area contributed by atoms with Gasteiger partial charge < -0.3 is 0 Å². The van der Waals surface area contributed by atoms with Crippen LogP contribution in [0.3, 0.4) is 0 Å². The van der Waals surface area contributed by atoms with Crippen LogP contribution in [0, 0.1) is 51.3 Å². The fourth-order valence-corrected chi connectivity index (χ4v) is 0.687. The van der Waals surface area contributed by atoms with Crippen molar-refractivity contribution in [2.75, 3.05) is 0 Å². The van der Waals surface area contributed by atoms with Crippen molar-refractivity contribution in [2.24, 2.45) is 0 Å². The summed E-state index contributed by atoms with van der Waals surface area (Å²) in [7, 11) is 0. The van der Waals surface area contributed by atoms with Crippen LogP contribution < -0.4 is 37.7 Å². The monoisotopic (exact) mass is 203 g/mol. The molecule has 0 saturated heterocycles. The Labute approximate surface area is 100 Å². The summed E-state index contributed by atoms with van der Waals surface area (Å²) in [4.78, 5) is 0. The molecule has 0 aromatic heterocycles. The summed E-state index contributed by atoms with van der Waals surface area (Å²) in [5.74, 6) is 0. The Morgan fingerprint density at radius 2 is 0.692 bits per heavy atom. The predicted octanol–water partition coefficient (Wildman–Crippen LogP) is -5.91. The van der Waals surface area contributed by atoms with Gasteiger partial charge in [-0.2, -0.15) is 0 Å². The van der Waals surface area contributed by atoms with E-state index in [0.29, 0.717) is 0 Å². The molecule has 0 saturated carbocycles. The Hall–Kier alpha value is -0.849.